The summed E-state index contributed by atoms with van der Waals surface area (Å²) >= 11 is 0. The van der Waals surface area contributed by atoms with Crippen molar-refractivity contribution in [1.29, 1.82) is 0 Å². The number of ether oxygens (including phenoxy) is 3. The van der Waals surface area contributed by atoms with Crippen molar-refractivity contribution in [2.75, 3.05) is 45.8 Å². The summed E-state index contributed by atoms with van der Waals surface area (Å²) < 4.78 is 15.5. The molecule has 0 saturated heterocycles. The van der Waals surface area contributed by atoms with Gasteiger partial charge in [-0.05, 0) is 25.5 Å². The van der Waals surface area contributed by atoms with Gasteiger partial charge in [-0.3, -0.25) is 4.79 Å². The molecule has 6 nitrogen and oxygen atoms in total. The zero-order valence-electron chi connectivity index (χ0n) is 12.7. The van der Waals surface area contributed by atoms with Crippen molar-refractivity contribution < 1.29 is 19.0 Å². The molecule has 0 heterocycles. The predicted molar refractivity (Wildman–Crippen MR) is 81.7 cm³/mol. The van der Waals surface area contributed by atoms with Crippen LogP contribution < -0.4 is 15.8 Å². The van der Waals surface area contributed by atoms with Crippen LogP contribution in [0.15, 0.2) is 18.2 Å². The number of rotatable bonds is 10. The highest BCUT2D eigenvalue weighted by Gasteiger charge is 2.08. The Morgan fingerprint density at radius 1 is 1.24 bits per heavy atom. The van der Waals surface area contributed by atoms with Gasteiger partial charge in [0.15, 0.2) is 0 Å². The monoisotopic (exact) mass is 296 g/mol. The molecule has 21 heavy (non-hydrogen) atoms. The Hall–Kier alpha value is -1.79. The number of anilines is 1. The minimum Gasteiger partial charge on any atom is -0.494 e. The first-order valence-corrected chi connectivity index (χ1v) is 7.05. The van der Waals surface area contributed by atoms with E-state index in [2.05, 4.69) is 5.32 Å². The van der Waals surface area contributed by atoms with Crippen molar-refractivity contribution in [2.45, 2.75) is 13.3 Å². The van der Waals surface area contributed by atoms with Gasteiger partial charge in [-0.1, -0.05) is 0 Å². The van der Waals surface area contributed by atoms with Gasteiger partial charge in [0, 0.05) is 37.6 Å². The Morgan fingerprint density at radius 2 is 2.05 bits per heavy atom. The maximum absolute atomic E-state index is 12.0. The molecule has 3 N–H and O–H groups in total. The van der Waals surface area contributed by atoms with Crippen molar-refractivity contribution >= 4 is 11.6 Å². The van der Waals surface area contributed by atoms with Crippen LogP contribution in [0.5, 0.6) is 5.75 Å². The highest BCUT2D eigenvalue weighted by molar-refractivity contribution is 5.95. The summed E-state index contributed by atoms with van der Waals surface area (Å²) in [5.74, 6) is 0.436. The molecule has 0 radical (unpaired) electrons. The van der Waals surface area contributed by atoms with Crippen molar-refractivity contribution in [3.8, 4) is 5.75 Å². The third-order valence-electron chi connectivity index (χ3n) is 2.68. The minimum atomic E-state index is -0.167. The smallest absolute Gasteiger partial charge is 0.251 e. The molecule has 0 spiro atoms. The number of amides is 1. The van der Waals surface area contributed by atoms with E-state index in [9.17, 15) is 4.79 Å². The lowest BCUT2D eigenvalue weighted by molar-refractivity contribution is 0.0688. The zero-order chi connectivity index (χ0) is 15.5. The molecule has 0 unspecified atom stereocenters. The zero-order valence-corrected chi connectivity index (χ0v) is 12.7. The SMILES string of the molecule is CCOc1cc(N)cc(C(=O)NCCCOCCOC)c1. The average molecular weight is 296 g/mol. The van der Waals surface area contributed by atoms with Crippen LogP contribution in [-0.2, 0) is 9.47 Å². The fourth-order valence-electron chi connectivity index (χ4n) is 1.73. The molecule has 0 aliphatic carbocycles. The number of nitrogen functional groups attached to an aromatic ring is 1. The number of nitrogens with two attached hydrogens (primary N) is 1. The molecule has 0 aliphatic heterocycles. The predicted octanol–water partition coefficient (Wildman–Crippen LogP) is 1.45. The number of carbonyl (C=O) groups excluding carboxylic acids is 1. The minimum absolute atomic E-state index is 0.167. The highest BCUT2D eigenvalue weighted by atomic mass is 16.5. The summed E-state index contributed by atoms with van der Waals surface area (Å²) in [4.78, 5) is 12.0. The van der Waals surface area contributed by atoms with Gasteiger partial charge >= 0.3 is 0 Å². The van der Waals surface area contributed by atoms with Crippen LogP contribution in [0, 0.1) is 0 Å². The summed E-state index contributed by atoms with van der Waals surface area (Å²) in [7, 11) is 1.63. The van der Waals surface area contributed by atoms with Gasteiger partial charge in [0.1, 0.15) is 5.75 Å². The average Bonchev–Trinajstić information content (AvgIpc) is 2.46. The van der Waals surface area contributed by atoms with Crippen molar-refractivity contribution in [3.05, 3.63) is 23.8 Å². The summed E-state index contributed by atoms with van der Waals surface area (Å²) in [5, 5.41) is 2.83. The maximum Gasteiger partial charge on any atom is 0.251 e. The Bertz CT molecular complexity index is 438. The molecular weight excluding hydrogens is 272 g/mol. The van der Waals surface area contributed by atoms with Crippen LogP contribution in [0.1, 0.15) is 23.7 Å². The third kappa shape index (κ3) is 6.97. The number of carbonyl (C=O) groups is 1. The molecule has 0 aromatic heterocycles. The summed E-state index contributed by atoms with van der Waals surface area (Å²) in [6.45, 7) is 4.69. The van der Waals surface area contributed by atoms with E-state index in [-0.39, 0.29) is 5.91 Å². The van der Waals surface area contributed by atoms with Gasteiger partial charge < -0.3 is 25.3 Å². The highest BCUT2D eigenvalue weighted by Crippen LogP contribution is 2.18. The molecule has 6 heteroatoms. The first-order chi connectivity index (χ1) is 10.2. The fraction of sp³-hybridized carbons (Fsp3) is 0.533. The summed E-state index contributed by atoms with van der Waals surface area (Å²) in [5.41, 5.74) is 6.77. The Labute approximate surface area is 125 Å². The van der Waals surface area contributed by atoms with E-state index in [1.165, 1.54) is 0 Å². The van der Waals surface area contributed by atoms with E-state index in [0.717, 1.165) is 6.42 Å². The number of hydrogen-bond acceptors (Lipinski definition) is 5. The summed E-state index contributed by atoms with van der Waals surface area (Å²) in [6, 6.07) is 5.02. The van der Waals surface area contributed by atoms with Crippen molar-refractivity contribution in [2.24, 2.45) is 0 Å². The quantitative estimate of drug-likeness (QED) is 0.504. The second-order valence-electron chi connectivity index (χ2n) is 4.44. The Balaban J connectivity index is 2.34. The van der Waals surface area contributed by atoms with E-state index in [1.807, 2.05) is 6.92 Å². The normalized spacial score (nSPS) is 10.4. The molecule has 0 bridgehead atoms. The van der Waals surface area contributed by atoms with Crippen LogP contribution in [-0.4, -0.2) is 46.0 Å². The first-order valence-electron chi connectivity index (χ1n) is 7.05. The lowest BCUT2D eigenvalue weighted by atomic mass is 10.1. The molecule has 0 aliphatic rings. The topological polar surface area (TPSA) is 82.8 Å². The molecule has 0 saturated carbocycles. The molecule has 118 valence electrons. The maximum atomic E-state index is 12.0. The third-order valence-corrected chi connectivity index (χ3v) is 2.68. The number of hydrogen-bond donors (Lipinski definition) is 2. The van der Waals surface area contributed by atoms with Gasteiger partial charge in [-0.15, -0.1) is 0 Å². The molecule has 0 fully saturated rings. The fourth-order valence-corrected chi connectivity index (χ4v) is 1.73. The largest absolute Gasteiger partial charge is 0.494 e. The Kier molecular flexibility index (Phi) is 8.23. The molecule has 1 aromatic carbocycles. The molecule has 1 aromatic rings. The van der Waals surface area contributed by atoms with E-state index >= 15 is 0 Å². The first kappa shape index (κ1) is 17.3. The van der Waals surface area contributed by atoms with Crippen LogP contribution in [0.4, 0.5) is 5.69 Å². The van der Waals surface area contributed by atoms with E-state index in [1.54, 1.807) is 25.3 Å². The second-order valence-corrected chi connectivity index (χ2v) is 4.44. The van der Waals surface area contributed by atoms with Gasteiger partial charge in [-0.25, -0.2) is 0 Å². The van der Waals surface area contributed by atoms with Crippen LogP contribution in [0.2, 0.25) is 0 Å². The number of nitrogens with one attached hydrogen (secondary N) is 1. The number of benzene rings is 1. The molecule has 1 amide bonds. The van der Waals surface area contributed by atoms with E-state index in [4.69, 9.17) is 19.9 Å². The lowest BCUT2D eigenvalue weighted by Gasteiger charge is -2.09. The van der Waals surface area contributed by atoms with Crippen LogP contribution in [0.25, 0.3) is 0 Å². The van der Waals surface area contributed by atoms with E-state index < -0.39 is 0 Å². The van der Waals surface area contributed by atoms with Gasteiger partial charge in [0.2, 0.25) is 0 Å². The van der Waals surface area contributed by atoms with Gasteiger partial charge in [-0.2, -0.15) is 0 Å². The van der Waals surface area contributed by atoms with Crippen LogP contribution in [0.3, 0.4) is 0 Å². The van der Waals surface area contributed by atoms with E-state index in [0.29, 0.717) is 50.0 Å². The van der Waals surface area contributed by atoms with Crippen LogP contribution >= 0.6 is 0 Å². The van der Waals surface area contributed by atoms with Gasteiger partial charge in [0.05, 0.1) is 19.8 Å². The number of methoxy groups -OCH3 is 1. The lowest BCUT2D eigenvalue weighted by Crippen LogP contribution is -2.25. The molecule has 1 rings (SSSR count). The Morgan fingerprint density at radius 3 is 2.76 bits per heavy atom. The van der Waals surface area contributed by atoms with Crippen molar-refractivity contribution in [1.82, 2.24) is 5.32 Å². The summed E-state index contributed by atoms with van der Waals surface area (Å²) in [6.07, 6.45) is 0.746. The standard InChI is InChI=1S/C15H24N2O4/c1-3-21-14-10-12(9-13(16)11-14)15(18)17-5-4-6-20-8-7-19-2/h9-11H,3-8,16H2,1-2H3,(H,17,18). The molecule has 0 atom stereocenters. The second kappa shape index (κ2) is 10.0. The van der Waals surface area contributed by atoms with Gasteiger partial charge in [0.25, 0.3) is 5.91 Å². The van der Waals surface area contributed by atoms with Crippen molar-refractivity contribution in [3.63, 3.8) is 0 Å². The molecular formula is C15H24N2O4.